The number of para-hydroxylation sites is 2. The zero-order valence-corrected chi connectivity index (χ0v) is 31.9. The normalized spacial score (nSPS) is 10.3. The summed E-state index contributed by atoms with van der Waals surface area (Å²) in [5.74, 6) is -1.98. The Morgan fingerprint density at radius 3 is 1.52 bits per heavy atom. The number of hydrogen-bond acceptors (Lipinski definition) is 8. The SMILES string of the molecule is Cc1ccc(-c2cnco2)cc1-c1ccc(N)cc1.Cc1ccc(-c2cnco2)cc1-c1ccc(NC(=O)Nc2c(F)cccc2F)cc1.O=C=Nc1c(F)cccc1F. The quantitative estimate of drug-likeness (QED) is 0.0628. The van der Waals surface area contributed by atoms with E-state index in [4.69, 9.17) is 14.6 Å². The Hall–Kier alpha value is -8.09. The van der Waals surface area contributed by atoms with E-state index >= 15 is 0 Å². The van der Waals surface area contributed by atoms with E-state index in [0.717, 1.165) is 75.2 Å². The molecule has 0 saturated heterocycles. The van der Waals surface area contributed by atoms with Gasteiger partial charge in [-0.3, -0.25) is 0 Å². The molecule has 0 aliphatic rings. The maximum Gasteiger partial charge on any atom is 0.323 e. The number of rotatable bonds is 7. The Labute approximate surface area is 341 Å². The lowest BCUT2D eigenvalue weighted by atomic mass is 9.97. The first-order chi connectivity index (χ1) is 29.0. The van der Waals surface area contributed by atoms with Gasteiger partial charge in [-0.1, -0.05) is 60.7 Å². The van der Waals surface area contributed by atoms with Crippen molar-refractivity contribution in [2.45, 2.75) is 13.8 Å². The van der Waals surface area contributed by atoms with Crippen molar-refractivity contribution in [2.75, 3.05) is 16.4 Å². The van der Waals surface area contributed by atoms with Crippen LogP contribution in [0.5, 0.6) is 0 Å². The topological polar surface area (TPSA) is 149 Å². The van der Waals surface area contributed by atoms with E-state index in [-0.39, 0.29) is 0 Å². The van der Waals surface area contributed by atoms with E-state index in [1.165, 1.54) is 36.0 Å². The van der Waals surface area contributed by atoms with Crippen molar-refractivity contribution in [3.63, 3.8) is 0 Å². The van der Waals surface area contributed by atoms with Gasteiger partial charge in [0, 0.05) is 22.5 Å². The summed E-state index contributed by atoms with van der Waals surface area (Å²) in [6.45, 7) is 4.10. The molecule has 0 aliphatic heterocycles. The molecular weight excluding hydrogens is 777 g/mol. The Kier molecular flexibility index (Phi) is 13.4. The number of anilines is 3. The Bertz CT molecular complexity index is 2710. The van der Waals surface area contributed by atoms with Crippen molar-refractivity contribution in [3.05, 3.63) is 181 Å². The first kappa shape index (κ1) is 41.5. The van der Waals surface area contributed by atoms with Gasteiger partial charge in [0.1, 0.15) is 23.0 Å². The minimum Gasteiger partial charge on any atom is -0.444 e. The third kappa shape index (κ3) is 10.4. The molecule has 300 valence electrons. The number of aryl methyl sites for hydroxylation is 2. The summed E-state index contributed by atoms with van der Waals surface area (Å²) < 4.78 is 63.1. The van der Waals surface area contributed by atoms with E-state index < -0.39 is 40.7 Å². The van der Waals surface area contributed by atoms with Crippen LogP contribution in [0.4, 0.5) is 45.1 Å². The van der Waals surface area contributed by atoms with Crippen molar-refractivity contribution < 1.29 is 36.0 Å². The molecule has 0 atom stereocenters. The summed E-state index contributed by atoms with van der Waals surface area (Å²) in [5, 5.41) is 4.75. The molecule has 0 bridgehead atoms. The number of benzene rings is 6. The second-order valence-electron chi connectivity index (χ2n) is 12.9. The zero-order chi connectivity index (χ0) is 42.6. The smallest absolute Gasteiger partial charge is 0.323 e. The number of carbonyl (C=O) groups excluding carboxylic acids is 2. The summed E-state index contributed by atoms with van der Waals surface area (Å²) in [6.07, 6.45) is 7.26. The highest BCUT2D eigenvalue weighted by Gasteiger charge is 2.13. The molecule has 2 aromatic heterocycles. The van der Waals surface area contributed by atoms with Gasteiger partial charge in [0.25, 0.3) is 0 Å². The molecule has 0 radical (unpaired) electrons. The van der Waals surface area contributed by atoms with Crippen LogP contribution in [0.2, 0.25) is 0 Å². The van der Waals surface area contributed by atoms with Gasteiger partial charge in [-0.25, -0.2) is 37.1 Å². The summed E-state index contributed by atoms with van der Waals surface area (Å²) in [7, 11) is 0. The third-order valence-electron chi connectivity index (χ3n) is 8.88. The van der Waals surface area contributed by atoms with E-state index in [2.05, 4.69) is 44.7 Å². The number of nitrogen functional groups attached to an aromatic ring is 1. The number of aliphatic imine (C=N–C) groups is 1. The average Bonchev–Trinajstić information content (AvgIpc) is 3.99. The van der Waals surface area contributed by atoms with Gasteiger partial charge < -0.3 is 25.2 Å². The van der Waals surface area contributed by atoms with Crippen molar-refractivity contribution in [3.8, 4) is 44.9 Å². The monoisotopic (exact) mass is 810 g/mol. The molecule has 0 spiro atoms. The van der Waals surface area contributed by atoms with Gasteiger partial charge in [0.15, 0.2) is 35.9 Å². The predicted molar refractivity (Wildman–Crippen MR) is 222 cm³/mol. The lowest BCUT2D eigenvalue weighted by Gasteiger charge is -2.11. The first-order valence-electron chi connectivity index (χ1n) is 18.0. The lowest BCUT2D eigenvalue weighted by Crippen LogP contribution is -2.20. The second-order valence-corrected chi connectivity index (χ2v) is 12.9. The number of nitrogens with zero attached hydrogens (tertiary/aromatic N) is 3. The van der Waals surface area contributed by atoms with Gasteiger partial charge in [0.2, 0.25) is 6.08 Å². The molecule has 0 saturated carbocycles. The Balaban J connectivity index is 0.000000171. The van der Waals surface area contributed by atoms with Crippen molar-refractivity contribution in [2.24, 2.45) is 4.99 Å². The lowest BCUT2D eigenvalue weighted by molar-refractivity contribution is 0.262. The van der Waals surface area contributed by atoms with Crippen LogP contribution >= 0.6 is 0 Å². The van der Waals surface area contributed by atoms with E-state index in [1.54, 1.807) is 24.5 Å². The average molecular weight is 811 g/mol. The fourth-order valence-electron chi connectivity index (χ4n) is 5.82. The van der Waals surface area contributed by atoms with E-state index in [1.807, 2.05) is 67.6 Å². The molecule has 14 heteroatoms. The summed E-state index contributed by atoms with van der Waals surface area (Å²) in [4.78, 5) is 32.5. The molecule has 0 fully saturated rings. The highest BCUT2D eigenvalue weighted by molar-refractivity contribution is 6.00. The van der Waals surface area contributed by atoms with Crippen LogP contribution in [0.1, 0.15) is 11.1 Å². The van der Waals surface area contributed by atoms with Crippen LogP contribution in [0.15, 0.2) is 160 Å². The molecule has 60 heavy (non-hydrogen) atoms. The predicted octanol–water partition coefficient (Wildman–Crippen LogP) is 12.1. The Morgan fingerprint density at radius 1 is 0.617 bits per heavy atom. The molecule has 8 aromatic rings. The highest BCUT2D eigenvalue weighted by atomic mass is 19.1. The molecule has 8 rings (SSSR count). The van der Waals surface area contributed by atoms with Crippen LogP contribution in [-0.2, 0) is 4.79 Å². The molecular formula is C46H34F4N6O4. The van der Waals surface area contributed by atoms with Crippen LogP contribution < -0.4 is 16.4 Å². The minimum atomic E-state index is -0.867. The highest BCUT2D eigenvalue weighted by Crippen LogP contribution is 2.31. The van der Waals surface area contributed by atoms with Crippen LogP contribution in [0.25, 0.3) is 44.9 Å². The van der Waals surface area contributed by atoms with Crippen LogP contribution in [-0.4, -0.2) is 22.1 Å². The molecule has 2 heterocycles. The molecule has 4 N–H and O–H groups in total. The summed E-state index contributed by atoms with van der Waals surface area (Å²) >= 11 is 0. The van der Waals surface area contributed by atoms with Gasteiger partial charge in [-0.2, -0.15) is 4.99 Å². The fraction of sp³-hybridized carbons (Fsp3) is 0.0435. The van der Waals surface area contributed by atoms with Gasteiger partial charge in [0.05, 0.1) is 12.4 Å². The maximum absolute atomic E-state index is 13.7. The first-order valence-corrected chi connectivity index (χ1v) is 18.0. The van der Waals surface area contributed by atoms with Gasteiger partial charge in [-0.15, -0.1) is 0 Å². The molecule has 6 aromatic carbocycles. The second kappa shape index (κ2) is 19.4. The fourth-order valence-corrected chi connectivity index (χ4v) is 5.82. The van der Waals surface area contributed by atoms with Crippen LogP contribution in [0.3, 0.4) is 0 Å². The number of oxazole rings is 2. The van der Waals surface area contributed by atoms with E-state index in [0.29, 0.717) is 11.4 Å². The molecule has 0 unspecified atom stereocenters. The molecule has 0 aliphatic carbocycles. The van der Waals surface area contributed by atoms with Crippen molar-refractivity contribution >= 4 is 34.9 Å². The van der Waals surface area contributed by atoms with Crippen molar-refractivity contribution in [1.82, 2.24) is 9.97 Å². The number of carbonyl (C=O) groups is 1. The number of hydrogen-bond donors (Lipinski definition) is 3. The number of aromatic nitrogens is 2. The number of halogens is 4. The van der Waals surface area contributed by atoms with Crippen LogP contribution in [0, 0.1) is 37.1 Å². The molecule has 10 nitrogen and oxygen atoms in total. The summed E-state index contributed by atoms with van der Waals surface area (Å²) in [5.41, 5.74) is 14.4. The van der Waals surface area contributed by atoms with Gasteiger partial charge >= 0.3 is 6.03 Å². The minimum absolute atomic E-state index is 0.483. The van der Waals surface area contributed by atoms with Crippen molar-refractivity contribution in [1.29, 1.82) is 0 Å². The maximum atomic E-state index is 13.7. The number of nitrogens with two attached hydrogens (primary N) is 1. The third-order valence-corrected chi connectivity index (χ3v) is 8.88. The standard InChI is InChI=1S/C23H17F2N3O2.C16H14N2O.C7H3F2NO/c1-14-5-6-16(21-12-26-13-30-21)11-18(14)15-7-9-17(10-8-15)27-23(29)28-22-19(24)3-2-4-20(22)25;1-11-2-3-13(16-9-18-10-19-16)8-15(11)12-4-6-14(17)7-5-12;8-5-2-1-3-6(9)7(5)10-4-11/h2-13H,1H3,(H2,27,28,29);2-10H,17H2,1H3;1-3H. The van der Waals surface area contributed by atoms with E-state index in [9.17, 15) is 27.2 Å². The summed E-state index contributed by atoms with van der Waals surface area (Å²) in [6, 6.07) is 33.1. The number of nitrogens with one attached hydrogen (secondary N) is 2. The molecule has 2 amide bonds. The Morgan fingerprint density at radius 2 is 1.07 bits per heavy atom. The number of urea groups is 1. The van der Waals surface area contributed by atoms with Gasteiger partial charge in [-0.05, 0) is 108 Å². The number of isocyanates is 1. The zero-order valence-electron chi connectivity index (χ0n) is 31.9. The largest absolute Gasteiger partial charge is 0.444 e. The number of amides is 2.